The van der Waals surface area contributed by atoms with Crippen molar-refractivity contribution in [3.8, 4) is 5.75 Å². The molecule has 1 fully saturated rings. The molecule has 4 heteroatoms. The number of benzene rings is 1. The maximum absolute atomic E-state index is 6.47. The van der Waals surface area contributed by atoms with Gasteiger partial charge in [0.15, 0.2) is 0 Å². The molecule has 0 amide bonds. The molecule has 0 saturated carbocycles. The number of nitrogens with two attached hydrogens (primary N) is 1. The molecule has 1 heterocycles. The Balaban J connectivity index is 1.93. The molecule has 0 spiro atoms. The van der Waals surface area contributed by atoms with Crippen LogP contribution in [0.15, 0.2) is 24.3 Å². The van der Waals surface area contributed by atoms with E-state index in [4.69, 9.17) is 19.9 Å². The summed E-state index contributed by atoms with van der Waals surface area (Å²) in [5.74, 6) is 0.887. The number of methoxy groups -OCH3 is 1. The highest BCUT2D eigenvalue weighted by atomic mass is 16.5. The molecule has 0 bridgehead atoms. The van der Waals surface area contributed by atoms with E-state index in [1.807, 2.05) is 19.1 Å². The van der Waals surface area contributed by atoms with E-state index in [-0.39, 0.29) is 11.6 Å². The van der Waals surface area contributed by atoms with Gasteiger partial charge in [0, 0.05) is 38.7 Å². The summed E-state index contributed by atoms with van der Waals surface area (Å²) < 4.78 is 16.7. The van der Waals surface area contributed by atoms with Gasteiger partial charge in [-0.15, -0.1) is 0 Å². The standard InChI is InChI=1S/C17H27NO3/c1-3-21-17(10-12-20-13-11-17)16(18)9-6-14-4-7-15(19-2)8-5-14/h4-5,7-8,16H,3,6,9-13,18H2,1-2H3. The van der Waals surface area contributed by atoms with Gasteiger partial charge >= 0.3 is 0 Å². The van der Waals surface area contributed by atoms with E-state index in [1.54, 1.807) is 7.11 Å². The molecule has 1 atom stereocenters. The third-order valence-electron chi connectivity index (χ3n) is 4.35. The first-order chi connectivity index (χ1) is 10.2. The molecular formula is C17H27NO3. The Labute approximate surface area is 127 Å². The highest BCUT2D eigenvalue weighted by molar-refractivity contribution is 5.27. The number of aryl methyl sites for hydroxylation is 1. The zero-order valence-corrected chi connectivity index (χ0v) is 13.1. The molecule has 118 valence electrons. The van der Waals surface area contributed by atoms with Crippen molar-refractivity contribution in [1.82, 2.24) is 0 Å². The summed E-state index contributed by atoms with van der Waals surface area (Å²) in [5.41, 5.74) is 7.54. The Morgan fingerprint density at radius 1 is 1.24 bits per heavy atom. The third-order valence-corrected chi connectivity index (χ3v) is 4.35. The zero-order valence-electron chi connectivity index (χ0n) is 13.1. The quantitative estimate of drug-likeness (QED) is 0.839. The second kappa shape index (κ2) is 7.78. The molecule has 1 aliphatic rings. The Hall–Kier alpha value is -1.10. The summed E-state index contributed by atoms with van der Waals surface area (Å²) in [4.78, 5) is 0. The van der Waals surface area contributed by atoms with E-state index in [0.29, 0.717) is 6.61 Å². The molecule has 21 heavy (non-hydrogen) atoms. The predicted molar refractivity (Wildman–Crippen MR) is 83.7 cm³/mol. The van der Waals surface area contributed by atoms with Crippen molar-refractivity contribution in [3.63, 3.8) is 0 Å². The lowest BCUT2D eigenvalue weighted by atomic mass is 9.83. The van der Waals surface area contributed by atoms with Gasteiger partial charge < -0.3 is 19.9 Å². The maximum Gasteiger partial charge on any atom is 0.118 e. The smallest absolute Gasteiger partial charge is 0.118 e. The monoisotopic (exact) mass is 293 g/mol. The van der Waals surface area contributed by atoms with Crippen molar-refractivity contribution in [1.29, 1.82) is 0 Å². The zero-order chi connectivity index (χ0) is 15.1. The Bertz CT molecular complexity index is 407. The van der Waals surface area contributed by atoms with Crippen molar-refractivity contribution < 1.29 is 14.2 Å². The van der Waals surface area contributed by atoms with Crippen LogP contribution in [0.3, 0.4) is 0 Å². The van der Waals surface area contributed by atoms with Crippen LogP contribution in [-0.2, 0) is 15.9 Å². The topological polar surface area (TPSA) is 53.7 Å². The second-order valence-corrected chi connectivity index (χ2v) is 5.60. The molecule has 2 rings (SSSR count). The van der Waals surface area contributed by atoms with E-state index in [2.05, 4.69) is 12.1 Å². The van der Waals surface area contributed by atoms with E-state index in [0.717, 1.165) is 44.6 Å². The molecule has 2 N–H and O–H groups in total. The molecular weight excluding hydrogens is 266 g/mol. The molecule has 1 aromatic carbocycles. The van der Waals surface area contributed by atoms with Gasteiger partial charge in [0.1, 0.15) is 5.75 Å². The predicted octanol–water partition coefficient (Wildman–Crippen LogP) is 2.54. The number of hydrogen-bond donors (Lipinski definition) is 1. The van der Waals surface area contributed by atoms with Gasteiger partial charge in [-0.2, -0.15) is 0 Å². The fraction of sp³-hybridized carbons (Fsp3) is 0.647. The Morgan fingerprint density at radius 2 is 1.90 bits per heavy atom. The summed E-state index contributed by atoms with van der Waals surface area (Å²) in [7, 11) is 1.68. The van der Waals surface area contributed by atoms with Crippen LogP contribution in [0.1, 0.15) is 31.7 Å². The van der Waals surface area contributed by atoms with Crippen LogP contribution in [0, 0.1) is 0 Å². The average Bonchev–Trinajstić information content (AvgIpc) is 2.54. The molecule has 1 aromatic rings. The minimum atomic E-state index is -0.209. The number of hydrogen-bond acceptors (Lipinski definition) is 4. The van der Waals surface area contributed by atoms with Gasteiger partial charge in [-0.05, 0) is 37.5 Å². The third kappa shape index (κ3) is 4.19. The Kier molecular flexibility index (Phi) is 6.03. The highest BCUT2D eigenvalue weighted by Crippen LogP contribution is 2.30. The Morgan fingerprint density at radius 3 is 2.48 bits per heavy atom. The second-order valence-electron chi connectivity index (χ2n) is 5.60. The van der Waals surface area contributed by atoms with E-state index in [9.17, 15) is 0 Å². The first kappa shape index (κ1) is 16.3. The number of ether oxygens (including phenoxy) is 3. The normalized spacial score (nSPS) is 19.2. The molecule has 0 aliphatic carbocycles. The van der Waals surface area contributed by atoms with Gasteiger partial charge in [0.25, 0.3) is 0 Å². The van der Waals surface area contributed by atoms with Crippen LogP contribution in [0.25, 0.3) is 0 Å². The minimum Gasteiger partial charge on any atom is -0.497 e. The molecule has 0 aromatic heterocycles. The highest BCUT2D eigenvalue weighted by Gasteiger charge is 2.38. The van der Waals surface area contributed by atoms with Crippen LogP contribution in [-0.4, -0.2) is 38.6 Å². The fourth-order valence-corrected chi connectivity index (χ4v) is 3.00. The van der Waals surface area contributed by atoms with Crippen LogP contribution < -0.4 is 10.5 Å². The van der Waals surface area contributed by atoms with Crippen LogP contribution in [0.2, 0.25) is 0 Å². The fourth-order valence-electron chi connectivity index (χ4n) is 3.00. The first-order valence-corrected chi connectivity index (χ1v) is 7.80. The van der Waals surface area contributed by atoms with Crippen LogP contribution >= 0.6 is 0 Å². The summed E-state index contributed by atoms with van der Waals surface area (Å²) >= 11 is 0. The summed E-state index contributed by atoms with van der Waals surface area (Å²) in [6.07, 6.45) is 3.67. The summed E-state index contributed by atoms with van der Waals surface area (Å²) in [6, 6.07) is 8.23. The van der Waals surface area contributed by atoms with Gasteiger partial charge in [0.2, 0.25) is 0 Å². The first-order valence-electron chi connectivity index (χ1n) is 7.80. The summed E-state index contributed by atoms with van der Waals surface area (Å²) in [5, 5.41) is 0. The minimum absolute atomic E-state index is 0.0449. The lowest BCUT2D eigenvalue weighted by Gasteiger charge is -2.41. The molecule has 1 saturated heterocycles. The van der Waals surface area contributed by atoms with Gasteiger partial charge in [0.05, 0.1) is 12.7 Å². The molecule has 1 unspecified atom stereocenters. The number of rotatable bonds is 7. The lowest BCUT2D eigenvalue weighted by molar-refractivity contribution is -0.121. The molecule has 0 radical (unpaired) electrons. The molecule has 1 aliphatic heterocycles. The van der Waals surface area contributed by atoms with Crippen molar-refractivity contribution in [3.05, 3.63) is 29.8 Å². The molecule has 4 nitrogen and oxygen atoms in total. The maximum atomic E-state index is 6.47. The lowest BCUT2D eigenvalue weighted by Crippen LogP contribution is -2.53. The SMILES string of the molecule is CCOC1(C(N)CCc2ccc(OC)cc2)CCOCC1. The van der Waals surface area contributed by atoms with Gasteiger partial charge in [-0.1, -0.05) is 12.1 Å². The van der Waals surface area contributed by atoms with Gasteiger partial charge in [-0.25, -0.2) is 0 Å². The van der Waals surface area contributed by atoms with Crippen molar-refractivity contribution in [2.45, 2.75) is 44.2 Å². The van der Waals surface area contributed by atoms with E-state index >= 15 is 0 Å². The summed E-state index contributed by atoms with van der Waals surface area (Å²) in [6.45, 7) is 4.23. The van der Waals surface area contributed by atoms with Gasteiger partial charge in [-0.3, -0.25) is 0 Å². The van der Waals surface area contributed by atoms with Crippen molar-refractivity contribution in [2.75, 3.05) is 26.9 Å². The van der Waals surface area contributed by atoms with E-state index < -0.39 is 0 Å². The van der Waals surface area contributed by atoms with Crippen LogP contribution in [0.5, 0.6) is 5.75 Å². The van der Waals surface area contributed by atoms with Crippen molar-refractivity contribution >= 4 is 0 Å². The van der Waals surface area contributed by atoms with Crippen LogP contribution in [0.4, 0.5) is 0 Å². The van der Waals surface area contributed by atoms with Crippen molar-refractivity contribution in [2.24, 2.45) is 5.73 Å². The van der Waals surface area contributed by atoms with E-state index in [1.165, 1.54) is 5.56 Å². The largest absolute Gasteiger partial charge is 0.497 e. The average molecular weight is 293 g/mol.